The van der Waals surface area contributed by atoms with Crippen molar-refractivity contribution in [3.8, 4) is 0 Å². The van der Waals surface area contributed by atoms with Gasteiger partial charge in [-0.15, -0.1) is 17.9 Å². The quantitative estimate of drug-likeness (QED) is 0.333. The molecule has 0 spiro atoms. The van der Waals surface area contributed by atoms with E-state index < -0.39 is 35.6 Å². The molecule has 1 aromatic heterocycles. The van der Waals surface area contributed by atoms with Crippen molar-refractivity contribution in [2.24, 2.45) is 17.3 Å². The number of rotatable bonds is 4. The number of ketones is 1. The molecule has 0 saturated heterocycles. The fourth-order valence-corrected chi connectivity index (χ4v) is 6.02. The maximum absolute atomic E-state index is 13.7. The number of aliphatic hydroxyl groups is 2. The molecule has 2 aromatic rings. The number of hydrogen-bond donors (Lipinski definition) is 2. The average Bonchev–Trinajstić information content (AvgIpc) is 3.24. The number of aromatic nitrogens is 1. The number of nitrogens with zero attached hydrogens (tertiary/aromatic N) is 1. The van der Waals surface area contributed by atoms with Crippen molar-refractivity contribution in [1.82, 2.24) is 4.98 Å². The number of cyclic esters (lactones) is 1. The summed E-state index contributed by atoms with van der Waals surface area (Å²) in [5.74, 6) is -1.52. The standard InChI is InChI=1S/C31H43NO5S/c1-7-8-12-23-29(35)20(3)11-9-10-19(2)13-15-25(22-14-16-26-24(17-22)32-21(4)38-26)37-28(34)18-27(33)31(5,6)30(23)36/h7,13-14,16-17,20,23,25,27,29,33,35H,1,8-12,15,18H2,2-6H3/b19-13+/t20-,23+,25-,27-,29-/m0/s1. The van der Waals surface area contributed by atoms with Crippen LogP contribution < -0.4 is 0 Å². The largest absolute Gasteiger partial charge is 0.457 e. The van der Waals surface area contributed by atoms with E-state index in [0.29, 0.717) is 19.3 Å². The Morgan fingerprint density at radius 1 is 1.24 bits per heavy atom. The van der Waals surface area contributed by atoms with Crippen LogP contribution in [0.3, 0.4) is 0 Å². The van der Waals surface area contributed by atoms with Crippen LogP contribution in [-0.4, -0.2) is 39.2 Å². The predicted octanol–water partition coefficient (Wildman–Crippen LogP) is 6.64. The van der Waals surface area contributed by atoms with E-state index >= 15 is 0 Å². The van der Waals surface area contributed by atoms with Crippen LogP contribution >= 0.6 is 11.3 Å². The van der Waals surface area contributed by atoms with Gasteiger partial charge < -0.3 is 14.9 Å². The van der Waals surface area contributed by atoms with Crippen molar-refractivity contribution < 1.29 is 24.5 Å². The molecule has 208 valence electrons. The summed E-state index contributed by atoms with van der Waals surface area (Å²) in [5, 5.41) is 23.2. The van der Waals surface area contributed by atoms with Crippen LogP contribution in [0, 0.1) is 24.2 Å². The van der Waals surface area contributed by atoms with Crippen molar-refractivity contribution in [3.05, 3.63) is 53.1 Å². The maximum Gasteiger partial charge on any atom is 0.309 e. The first-order valence-electron chi connectivity index (χ1n) is 13.7. The van der Waals surface area contributed by atoms with Crippen LogP contribution in [0.25, 0.3) is 10.2 Å². The minimum absolute atomic E-state index is 0.0755. The number of aliphatic hydroxyl groups excluding tert-OH is 2. The zero-order valence-electron chi connectivity index (χ0n) is 23.4. The molecule has 1 aliphatic rings. The van der Waals surface area contributed by atoms with Crippen molar-refractivity contribution in [1.29, 1.82) is 0 Å². The first kappa shape index (κ1) is 30.2. The van der Waals surface area contributed by atoms with Crippen molar-refractivity contribution >= 4 is 33.3 Å². The van der Waals surface area contributed by atoms with Crippen LogP contribution in [0.2, 0.25) is 0 Å². The number of thiazole rings is 1. The second-order valence-corrected chi connectivity index (χ2v) is 12.6. The number of esters is 1. The van der Waals surface area contributed by atoms with Gasteiger partial charge in [-0.3, -0.25) is 9.59 Å². The third kappa shape index (κ3) is 7.39. The van der Waals surface area contributed by atoms with Gasteiger partial charge in [0.25, 0.3) is 0 Å². The third-order valence-electron chi connectivity index (χ3n) is 7.92. The van der Waals surface area contributed by atoms with Gasteiger partial charge in [0.05, 0.1) is 39.3 Å². The topological polar surface area (TPSA) is 96.7 Å². The van der Waals surface area contributed by atoms with Gasteiger partial charge in [0, 0.05) is 12.3 Å². The Hall–Kier alpha value is -2.35. The second kappa shape index (κ2) is 13.1. The van der Waals surface area contributed by atoms with E-state index in [0.717, 1.165) is 40.1 Å². The van der Waals surface area contributed by atoms with E-state index in [1.54, 1.807) is 31.3 Å². The van der Waals surface area contributed by atoms with Gasteiger partial charge >= 0.3 is 5.97 Å². The van der Waals surface area contributed by atoms with Gasteiger partial charge in [0.2, 0.25) is 0 Å². The Bertz CT molecular complexity index is 1170. The minimum Gasteiger partial charge on any atom is -0.457 e. The van der Waals surface area contributed by atoms with Crippen molar-refractivity contribution in [2.45, 2.75) is 97.9 Å². The highest BCUT2D eigenvalue weighted by molar-refractivity contribution is 7.18. The number of fused-ring (bicyclic) bond motifs is 1. The molecule has 2 N–H and O–H groups in total. The number of Topliss-reactive ketones (excluding diaryl/α,β-unsaturated/α-hetero) is 1. The zero-order chi connectivity index (χ0) is 28.0. The summed E-state index contributed by atoms with van der Waals surface area (Å²) in [6.45, 7) is 13.1. The molecular weight excluding hydrogens is 498 g/mol. The summed E-state index contributed by atoms with van der Waals surface area (Å²) in [6.07, 6.45) is 5.01. The summed E-state index contributed by atoms with van der Waals surface area (Å²) < 4.78 is 7.01. The molecule has 1 aromatic carbocycles. The molecule has 5 atom stereocenters. The van der Waals surface area contributed by atoms with E-state index in [1.807, 2.05) is 32.0 Å². The Balaban J connectivity index is 1.93. The normalized spacial score (nSPS) is 29.4. The lowest BCUT2D eigenvalue weighted by atomic mass is 9.71. The molecule has 7 heteroatoms. The lowest BCUT2D eigenvalue weighted by Gasteiger charge is -2.36. The predicted molar refractivity (Wildman–Crippen MR) is 153 cm³/mol. The molecular formula is C31H43NO5S. The fraction of sp³-hybridized carbons (Fsp3) is 0.581. The van der Waals surface area contributed by atoms with Crippen LogP contribution in [-0.2, 0) is 14.3 Å². The van der Waals surface area contributed by atoms with Gasteiger partial charge in [-0.25, -0.2) is 4.98 Å². The molecule has 1 aliphatic heterocycles. The molecule has 0 bridgehead atoms. The number of benzene rings is 1. The molecule has 38 heavy (non-hydrogen) atoms. The van der Waals surface area contributed by atoms with Crippen LogP contribution in [0.4, 0.5) is 0 Å². The highest BCUT2D eigenvalue weighted by Gasteiger charge is 2.43. The number of ether oxygens (including phenoxy) is 1. The van der Waals surface area contributed by atoms with E-state index in [4.69, 9.17) is 4.74 Å². The molecule has 2 heterocycles. The highest BCUT2D eigenvalue weighted by atomic mass is 32.1. The van der Waals surface area contributed by atoms with Gasteiger partial charge in [0.1, 0.15) is 11.9 Å². The molecule has 0 radical (unpaired) electrons. The van der Waals surface area contributed by atoms with Gasteiger partial charge in [-0.2, -0.15) is 0 Å². The Morgan fingerprint density at radius 3 is 2.68 bits per heavy atom. The second-order valence-electron chi connectivity index (χ2n) is 11.4. The molecule has 3 rings (SSSR count). The van der Waals surface area contributed by atoms with Gasteiger partial charge in [0.15, 0.2) is 0 Å². The lowest BCUT2D eigenvalue weighted by molar-refractivity contribution is -0.156. The first-order chi connectivity index (χ1) is 17.9. The number of aryl methyl sites for hydroxylation is 1. The number of allylic oxidation sites excluding steroid dienone is 2. The number of carbonyl (C=O) groups is 2. The molecule has 6 nitrogen and oxygen atoms in total. The van der Waals surface area contributed by atoms with Crippen LogP contribution in [0.1, 0.15) is 89.3 Å². The summed E-state index contributed by atoms with van der Waals surface area (Å²) in [7, 11) is 0. The zero-order valence-corrected chi connectivity index (χ0v) is 24.2. The van der Waals surface area contributed by atoms with Crippen molar-refractivity contribution in [3.63, 3.8) is 0 Å². The van der Waals surface area contributed by atoms with Crippen molar-refractivity contribution in [2.75, 3.05) is 0 Å². The SMILES string of the molecule is C=CCC[C@H]1C(=O)C(C)(C)[C@@H](O)CC(=O)O[C@H](c2ccc3sc(C)nc3c2)C/C=C(\C)CCC[C@H](C)[C@@H]1O. The van der Waals surface area contributed by atoms with Gasteiger partial charge in [-0.05, 0) is 69.6 Å². The molecule has 0 saturated carbocycles. The summed E-state index contributed by atoms with van der Waals surface area (Å²) >= 11 is 1.62. The first-order valence-corrected chi connectivity index (χ1v) is 14.5. The maximum atomic E-state index is 13.7. The Morgan fingerprint density at radius 2 is 1.97 bits per heavy atom. The Kier molecular flexibility index (Phi) is 10.4. The molecule has 0 unspecified atom stereocenters. The summed E-state index contributed by atoms with van der Waals surface area (Å²) in [5.41, 5.74) is 1.68. The summed E-state index contributed by atoms with van der Waals surface area (Å²) in [6, 6.07) is 5.94. The Labute approximate surface area is 230 Å². The van der Waals surface area contributed by atoms with E-state index in [-0.39, 0.29) is 18.1 Å². The molecule has 0 aliphatic carbocycles. The minimum atomic E-state index is -1.24. The smallest absolute Gasteiger partial charge is 0.309 e. The number of carbonyl (C=O) groups excluding carboxylic acids is 2. The average molecular weight is 542 g/mol. The van der Waals surface area contributed by atoms with Gasteiger partial charge in [-0.1, -0.05) is 44.6 Å². The lowest BCUT2D eigenvalue weighted by Crippen LogP contribution is -2.46. The van der Waals surface area contributed by atoms with E-state index in [1.165, 1.54) is 5.57 Å². The summed E-state index contributed by atoms with van der Waals surface area (Å²) in [4.78, 5) is 31.4. The highest BCUT2D eigenvalue weighted by Crippen LogP contribution is 2.35. The third-order valence-corrected chi connectivity index (χ3v) is 8.87. The molecule has 0 amide bonds. The molecule has 0 fully saturated rings. The van der Waals surface area contributed by atoms with E-state index in [9.17, 15) is 19.8 Å². The monoisotopic (exact) mass is 541 g/mol. The fourth-order valence-electron chi connectivity index (χ4n) is 5.21. The van der Waals surface area contributed by atoms with Crippen LogP contribution in [0.5, 0.6) is 0 Å². The van der Waals surface area contributed by atoms with Crippen LogP contribution in [0.15, 0.2) is 42.5 Å². The number of hydrogen-bond acceptors (Lipinski definition) is 7. The van der Waals surface area contributed by atoms with E-state index in [2.05, 4.69) is 24.6 Å².